The number of benzene rings is 4. The lowest BCUT2D eigenvalue weighted by atomic mass is 9.98. The second-order valence-corrected chi connectivity index (χ2v) is 12.9. The molecular weight excluding hydrogens is 614 g/mol. The number of unbranched alkanes of at least 4 members (excludes halogenated alkanes) is 2. The number of hydrogen-bond donors (Lipinski definition) is 3. The lowest BCUT2D eigenvalue weighted by Crippen LogP contribution is -2.37. The van der Waals surface area contributed by atoms with Crippen LogP contribution in [0.5, 0.6) is 0 Å². The monoisotopic (exact) mass is 663 g/mol. The maximum atomic E-state index is 12.5. The van der Waals surface area contributed by atoms with E-state index < -0.39 is 6.29 Å². The van der Waals surface area contributed by atoms with E-state index in [4.69, 9.17) is 9.47 Å². The van der Waals surface area contributed by atoms with Crippen molar-refractivity contribution in [1.29, 1.82) is 0 Å². The molecule has 258 valence electrons. The van der Waals surface area contributed by atoms with Crippen LogP contribution in [0.25, 0.3) is 11.1 Å². The van der Waals surface area contributed by atoms with Crippen molar-refractivity contribution < 1.29 is 24.2 Å². The Balaban J connectivity index is 1.24. The summed E-state index contributed by atoms with van der Waals surface area (Å²) >= 11 is 0. The van der Waals surface area contributed by atoms with Crippen LogP contribution in [0.1, 0.15) is 79.2 Å². The molecule has 8 heteroatoms. The van der Waals surface area contributed by atoms with E-state index in [1.54, 1.807) is 0 Å². The fourth-order valence-corrected chi connectivity index (χ4v) is 6.21. The number of aliphatic hydroxyl groups excluding tert-OH is 1. The van der Waals surface area contributed by atoms with Crippen molar-refractivity contribution in [1.82, 2.24) is 15.5 Å². The summed E-state index contributed by atoms with van der Waals surface area (Å²) in [5.74, 6) is 0.00688. The first-order valence-corrected chi connectivity index (χ1v) is 17.3. The predicted octanol–water partition coefficient (Wildman–Crippen LogP) is 6.84. The van der Waals surface area contributed by atoms with Gasteiger partial charge in [-0.3, -0.25) is 14.5 Å². The average Bonchev–Trinajstić information content (AvgIpc) is 3.12. The zero-order chi connectivity index (χ0) is 34.4. The van der Waals surface area contributed by atoms with E-state index in [1.165, 1.54) is 12.5 Å². The van der Waals surface area contributed by atoms with Gasteiger partial charge in [-0.15, -0.1) is 0 Å². The van der Waals surface area contributed by atoms with E-state index in [9.17, 15) is 14.7 Å². The fraction of sp³-hybridized carbons (Fsp3) is 0.366. The second-order valence-electron chi connectivity index (χ2n) is 12.9. The number of ether oxygens (including phenoxy) is 2. The number of likely N-dealkylation sites (N-methyl/N-ethyl adjacent to an activating group) is 1. The molecule has 3 atom stereocenters. The Morgan fingerprint density at radius 3 is 2.27 bits per heavy atom. The van der Waals surface area contributed by atoms with Gasteiger partial charge in [0.15, 0.2) is 6.29 Å². The van der Waals surface area contributed by atoms with Gasteiger partial charge in [0.05, 0.1) is 18.8 Å². The Morgan fingerprint density at radius 1 is 0.776 bits per heavy atom. The second kappa shape index (κ2) is 18.4. The van der Waals surface area contributed by atoms with Crippen molar-refractivity contribution in [3.63, 3.8) is 0 Å². The van der Waals surface area contributed by atoms with Gasteiger partial charge in [0.25, 0.3) is 0 Å². The van der Waals surface area contributed by atoms with Gasteiger partial charge in [-0.1, -0.05) is 97.4 Å². The van der Waals surface area contributed by atoms with Gasteiger partial charge in [0, 0.05) is 51.5 Å². The maximum absolute atomic E-state index is 12.5. The first-order chi connectivity index (χ1) is 23.9. The molecule has 3 N–H and O–H groups in total. The van der Waals surface area contributed by atoms with Crippen molar-refractivity contribution in [3.8, 4) is 11.1 Å². The number of rotatable bonds is 16. The lowest BCUT2D eigenvalue weighted by Gasteiger charge is -2.38. The Labute approximate surface area is 290 Å². The molecule has 3 unspecified atom stereocenters. The van der Waals surface area contributed by atoms with E-state index in [1.807, 2.05) is 48.5 Å². The topological polar surface area (TPSA) is 100 Å². The molecule has 0 aromatic heterocycles. The zero-order valence-corrected chi connectivity index (χ0v) is 28.6. The molecule has 1 heterocycles. The molecule has 8 nitrogen and oxygen atoms in total. The highest BCUT2D eigenvalue weighted by Gasteiger charge is 2.33. The molecule has 0 aliphatic carbocycles. The number of nitrogens with one attached hydrogen (secondary N) is 2. The van der Waals surface area contributed by atoms with Crippen molar-refractivity contribution in [2.45, 2.75) is 77.2 Å². The number of hydrogen-bond acceptors (Lipinski definition) is 6. The summed E-state index contributed by atoms with van der Waals surface area (Å²) in [5.41, 5.74) is 7.27. The van der Waals surface area contributed by atoms with Crippen LogP contribution in [0.4, 0.5) is 0 Å². The third-order valence-corrected chi connectivity index (χ3v) is 8.79. The van der Waals surface area contributed by atoms with Crippen LogP contribution in [0.15, 0.2) is 103 Å². The van der Waals surface area contributed by atoms with Crippen molar-refractivity contribution in [3.05, 3.63) is 131 Å². The minimum Gasteiger partial charge on any atom is -0.392 e. The Kier molecular flexibility index (Phi) is 13.5. The standard InChI is InChI=1S/C41H49N3O5/c1-30(46)42-22-8-4-7-17-40(47)43-26-33-13-9-14-35(23-33)36-15-10-16-37(24-36)41-48-38(28-44(2)27-31-11-5-3-6-12-31)25-39(49-41)34-20-18-32(29-45)19-21-34/h3,5-6,9-16,18-21,23-24,38-39,41,45H,4,7-8,17,22,25-29H2,1-2H3,(H,42,46)(H,43,47). The smallest absolute Gasteiger partial charge is 0.220 e. The Bertz CT molecular complexity index is 1630. The highest BCUT2D eigenvalue weighted by molar-refractivity contribution is 5.76. The predicted molar refractivity (Wildman–Crippen MR) is 192 cm³/mol. The molecule has 2 amide bonds. The number of carbonyl (C=O) groups is 2. The van der Waals surface area contributed by atoms with E-state index in [-0.39, 0.29) is 30.6 Å². The molecule has 0 spiro atoms. The third-order valence-electron chi connectivity index (χ3n) is 8.79. The SMILES string of the molecule is CC(=O)NCCCCCC(=O)NCc1cccc(-c2cccc(C3OC(CN(C)Cc4ccccc4)CC(c4ccc(CO)cc4)O3)c2)c1. The molecule has 4 aromatic rings. The summed E-state index contributed by atoms with van der Waals surface area (Å²) < 4.78 is 13.3. The van der Waals surface area contributed by atoms with Crippen molar-refractivity contribution in [2.75, 3.05) is 20.1 Å². The van der Waals surface area contributed by atoms with Gasteiger partial charge >= 0.3 is 0 Å². The highest BCUT2D eigenvalue weighted by Crippen LogP contribution is 2.39. The number of aliphatic hydroxyl groups is 1. The van der Waals surface area contributed by atoms with Crippen molar-refractivity contribution in [2.24, 2.45) is 0 Å². The summed E-state index contributed by atoms with van der Waals surface area (Å²) in [6.45, 7) is 4.21. The minimum atomic E-state index is -0.549. The fourth-order valence-electron chi connectivity index (χ4n) is 6.21. The van der Waals surface area contributed by atoms with Crippen LogP contribution in [-0.2, 0) is 38.8 Å². The number of carbonyl (C=O) groups excluding carboxylic acids is 2. The summed E-state index contributed by atoms with van der Waals surface area (Å²) in [7, 11) is 2.12. The molecule has 4 aromatic carbocycles. The molecule has 5 rings (SSSR count). The van der Waals surface area contributed by atoms with Gasteiger partial charge in [-0.25, -0.2) is 0 Å². The van der Waals surface area contributed by atoms with Gasteiger partial charge in [-0.05, 0) is 65.4 Å². The van der Waals surface area contributed by atoms with Crippen LogP contribution >= 0.6 is 0 Å². The average molecular weight is 664 g/mol. The molecule has 1 fully saturated rings. The van der Waals surface area contributed by atoms with Crippen LogP contribution in [0, 0.1) is 0 Å². The molecule has 0 bridgehead atoms. The van der Waals surface area contributed by atoms with Crippen LogP contribution in [0.2, 0.25) is 0 Å². The van der Waals surface area contributed by atoms with E-state index in [2.05, 4.69) is 77.2 Å². The first kappa shape index (κ1) is 36.0. The lowest BCUT2D eigenvalue weighted by molar-refractivity contribution is -0.252. The summed E-state index contributed by atoms with van der Waals surface area (Å²) in [6.07, 6.45) is 3.00. The van der Waals surface area contributed by atoms with Gasteiger partial charge in [0.1, 0.15) is 0 Å². The van der Waals surface area contributed by atoms with E-state index >= 15 is 0 Å². The zero-order valence-electron chi connectivity index (χ0n) is 28.6. The quantitative estimate of drug-likeness (QED) is 0.114. The van der Waals surface area contributed by atoms with Gasteiger partial charge in [-0.2, -0.15) is 0 Å². The summed E-state index contributed by atoms with van der Waals surface area (Å²) in [6, 6.07) is 35.0. The van der Waals surface area contributed by atoms with Gasteiger partial charge in [0.2, 0.25) is 11.8 Å². The largest absolute Gasteiger partial charge is 0.392 e. The normalized spacial score (nSPS) is 17.5. The van der Waals surface area contributed by atoms with E-state index in [0.29, 0.717) is 19.5 Å². The molecule has 0 radical (unpaired) electrons. The number of amides is 2. The Morgan fingerprint density at radius 2 is 1.51 bits per heavy atom. The van der Waals surface area contributed by atoms with E-state index in [0.717, 1.165) is 72.2 Å². The molecule has 0 saturated carbocycles. The molecule has 49 heavy (non-hydrogen) atoms. The summed E-state index contributed by atoms with van der Waals surface area (Å²) in [5, 5.41) is 15.4. The summed E-state index contributed by atoms with van der Waals surface area (Å²) in [4.78, 5) is 25.7. The van der Waals surface area contributed by atoms with Crippen LogP contribution in [-0.4, -0.2) is 48.1 Å². The number of nitrogens with zero attached hydrogens (tertiary/aromatic N) is 1. The van der Waals surface area contributed by atoms with Gasteiger partial charge < -0.3 is 25.2 Å². The molecule has 1 saturated heterocycles. The van der Waals surface area contributed by atoms with Crippen LogP contribution < -0.4 is 10.6 Å². The molecule has 1 aliphatic rings. The molecular formula is C41H49N3O5. The Hall–Kier alpha value is -4.34. The molecule has 1 aliphatic heterocycles. The minimum absolute atomic E-state index is 0.00688. The highest BCUT2D eigenvalue weighted by atomic mass is 16.7. The third kappa shape index (κ3) is 11.4. The maximum Gasteiger partial charge on any atom is 0.220 e. The van der Waals surface area contributed by atoms with Crippen LogP contribution in [0.3, 0.4) is 0 Å². The van der Waals surface area contributed by atoms with Crippen molar-refractivity contribution >= 4 is 11.8 Å². The first-order valence-electron chi connectivity index (χ1n) is 17.3.